The van der Waals surface area contributed by atoms with Crippen LogP contribution in [0.1, 0.15) is 0 Å². The Labute approximate surface area is 353 Å². The third kappa shape index (κ3) is 5.90. The molecule has 2 aromatic heterocycles. The molecule has 61 heavy (non-hydrogen) atoms. The highest BCUT2D eigenvalue weighted by Crippen LogP contribution is 2.44. The van der Waals surface area contributed by atoms with Gasteiger partial charge in [0, 0.05) is 44.2 Å². The number of hydrogen-bond donors (Lipinski definition) is 0. The van der Waals surface area contributed by atoms with Crippen LogP contribution in [0.3, 0.4) is 0 Å². The highest BCUT2D eigenvalue weighted by Gasteiger charge is 2.20. The van der Waals surface area contributed by atoms with Crippen LogP contribution in [0.5, 0.6) is 0 Å². The molecule has 0 aliphatic heterocycles. The van der Waals surface area contributed by atoms with Crippen LogP contribution in [-0.4, -0.2) is 4.57 Å². The SMILES string of the molecule is c1cc(-c2cccc3ccccc23)cc(N(c2ccc(-c3cccc(-n4c5ccccc5c5ccccc54)c3)cc2)c2ccccc2-c2ccc3c(c2)oc2ccccc23)c1. The predicted octanol–water partition coefficient (Wildman–Crippen LogP) is 16.3. The van der Waals surface area contributed by atoms with Gasteiger partial charge in [0.25, 0.3) is 0 Å². The summed E-state index contributed by atoms with van der Waals surface area (Å²) in [6.07, 6.45) is 0. The van der Waals surface area contributed by atoms with Gasteiger partial charge in [0.1, 0.15) is 11.2 Å². The summed E-state index contributed by atoms with van der Waals surface area (Å²) >= 11 is 0. The normalized spacial score (nSPS) is 11.6. The number of rotatable bonds is 7. The number of aromatic nitrogens is 1. The molecule has 3 nitrogen and oxygen atoms in total. The van der Waals surface area contributed by atoms with Crippen molar-refractivity contribution in [1.29, 1.82) is 0 Å². The number of anilines is 3. The minimum absolute atomic E-state index is 0.880. The average Bonchev–Trinajstić information content (AvgIpc) is 3.87. The molecule has 3 heteroatoms. The lowest BCUT2D eigenvalue weighted by molar-refractivity contribution is 0.669. The lowest BCUT2D eigenvalue weighted by Gasteiger charge is -2.28. The summed E-state index contributed by atoms with van der Waals surface area (Å²) in [6, 6.07) is 83.0. The molecule has 0 atom stereocenters. The highest BCUT2D eigenvalue weighted by atomic mass is 16.3. The first-order chi connectivity index (χ1) is 30.2. The van der Waals surface area contributed by atoms with Crippen molar-refractivity contribution in [3.05, 3.63) is 231 Å². The molecule has 0 radical (unpaired) electrons. The first-order valence-corrected chi connectivity index (χ1v) is 20.8. The van der Waals surface area contributed by atoms with Gasteiger partial charge in [-0.15, -0.1) is 0 Å². The summed E-state index contributed by atoms with van der Waals surface area (Å²) in [6.45, 7) is 0. The summed E-state index contributed by atoms with van der Waals surface area (Å²) in [5.74, 6) is 0. The minimum Gasteiger partial charge on any atom is -0.456 e. The molecule has 0 saturated heterocycles. The summed E-state index contributed by atoms with van der Waals surface area (Å²) in [5.41, 5.74) is 15.4. The van der Waals surface area contributed by atoms with E-state index in [2.05, 4.69) is 228 Å². The fourth-order valence-electron chi connectivity index (χ4n) is 9.35. The molecule has 0 fully saturated rings. The lowest BCUT2D eigenvalue weighted by atomic mass is 9.97. The molecule has 0 spiro atoms. The van der Waals surface area contributed by atoms with E-state index in [-0.39, 0.29) is 0 Å². The zero-order valence-electron chi connectivity index (χ0n) is 33.2. The van der Waals surface area contributed by atoms with Crippen molar-refractivity contribution in [3.63, 3.8) is 0 Å². The first-order valence-electron chi connectivity index (χ1n) is 20.8. The van der Waals surface area contributed by atoms with E-state index in [0.29, 0.717) is 0 Å². The van der Waals surface area contributed by atoms with Gasteiger partial charge in [-0.1, -0.05) is 158 Å². The van der Waals surface area contributed by atoms with Crippen LogP contribution in [-0.2, 0) is 0 Å². The Morgan fingerprint density at radius 2 is 0.918 bits per heavy atom. The molecule has 0 N–H and O–H groups in total. The van der Waals surface area contributed by atoms with Gasteiger partial charge in [0.2, 0.25) is 0 Å². The standard InChI is InChI=1S/C58H38N2O/c1-2-20-47-40(14-1)15-13-25-48(47)42-17-12-18-45(37-42)59(54-26-7-3-21-49(54)43-32-35-53-52-24-6-10-29-57(52)61-58(53)38-43)44-33-30-39(31-34-44)41-16-11-19-46(36-41)60-55-27-8-4-22-50(55)51-23-5-9-28-56(51)60/h1-38H. The predicted molar refractivity (Wildman–Crippen MR) is 257 cm³/mol. The van der Waals surface area contributed by atoms with E-state index in [4.69, 9.17) is 4.42 Å². The largest absolute Gasteiger partial charge is 0.456 e. The number of hydrogen-bond acceptors (Lipinski definition) is 2. The molecule has 0 unspecified atom stereocenters. The number of para-hydroxylation sites is 4. The molecule has 12 rings (SSSR count). The number of benzene rings is 10. The van der Waals surface area contributed by atoms with Gasteiger partial charge in [0.15, 0.2) is 0 Å². The Balaban J connectivity index is 0.994. The average molecular weight is 779 g/mol. The molecule has 0 aliphatic carbocycles. The molecule has 12 aromatic rings. The van der Waals surface area contributed by atoms with Crippen LogP contribution in [0.25, 0.3) is 93.6 Å². The lowest BCUT2D eigenvalue weighted by Crippen LogP contribution is -2.11. The van der Waals surface area contributed by atoms with E-state index >= 15 is 0 Å². The quantitative estimate of drug-likeness (QED) is 0.161. The van der Waals surface area contributed by atoms with Gasteiger partial charge >= 0.3 is 0 Å². The Bertz CT molecular complexity index is 3550. The first kappa shape index (κ1) is 34.9. The molecule has 0 amide bonds. The van der Waals surface area contributed by atoms with Crippen molar-refractivity contribution in [3.8, 4) is 39.1 Å². The Morgan fingerprint density at radius 3 is 1.75 bits per heavy atom. The summed E-state index contributed by atoms with van der Waals surface area (Å²) in [4.78, 5) is 2.39. The van der Waals surface area contributed by atoms with Gasteiger partial charge in [-0.05, 0) is 111 Å². The maximum atomic E-state index is 6.40. The van der Waals surface area contributed by atoms with Gasteiger partial charge in [0.05, 0.1) is 16.7 Å². The van der Waals surface area contributed by atoms with Crippen molar-refractivity contribution < 1.29 is 4.42 Å². The van der Waals surface area contributed by atoms with Crippen molar-refractivity contribution in [2.45, 2.75) is 0 Å². The number of fused-ring (bicyclic) bond motifs is 7. The third-order valence-electron chi connectivity index (χ3n) is 12.2. The van der Waals surface area contributed by atoms with Crippen LogP contribution >= 0.6 is 0 Å². The van der Waals surface area contributed by atoms with Gasteiger partial charge in [-0.25, -0.2) is 0 Å². The van der Waals surface area contributed by atoms with E-state index in [1.165, 1.54) is 43.7 Å². The van der Waals surface area contributed by atoms with E-state index < -0.39 is 0 Å². The fraction of sp³-hybridized carbons (Fsp3) is 0. The second-order valence-electron chi connectivity index (χ2n) is 15.7. The summed E-state index contributed by atoms with van der Waals surface area (Å²) < 4.78 is 8.78. The van der Waals surface area contributed by atoms with Crippen molar-refractivity contribution in [1.82, 2.24) is 4.57 Å². The van der Waals surface area contributed by atoms with E-state index in [0.717, 1.165) is 66.9 Å². The molecular weight excluding hydrogens is 741 g/mol. The molecule has 0 saturated carbocycles. The Kier molecular flexibility index (Phi) is 8.17. The maximum absolute atomic E-state index is 6.40. The molecule has 2 heterocycles. The Hall–Kier alpha value is -8.14. The number of furan rings is 1. The fourth-order valence-corrected chi connectivity index (χ4v) is 9.35. The topological polar surface area (TPSA) is 21.3 Å². The highest BCUT2D eigenvalue weighted by molar-refractivity contribution is 6.09. The number of nitrogens with zero attached hydrogens (tertiary/aromatic N) is 2. The smallest absolute Gasteiger partial charge is 0.136 e. The summed E-state index contributed by atoms with van der Waals surface area (Å²) in [5, 5.41) is 7.23. The van der Waals surface area contributed by atoms with E-state index in [9.17, 15) is 0 Å². The Morgan fingerprint density at radius 1 is 0.328 bits per heavy atom. The second kappa shape index (κ2) is 14.3. The van der Waals surface area contributed by atoms with E-state index in [1.54, 1.807) is 0 Å². The van der Waals surface area contributed by atoms with Crippen LogP contribution in [0.15, 0.2) is 235 Å². The van der Waals surface area contributed by atoms with Crippen molar-refractivity contribution in [2.75, 3.05) is 4.90 Å². The van der Waals surface area contributed by atoms with Crippen molar-refractivity contribution in [2.24, 2.45) is 0 Å². The molecule has 286 valence electrons. The van der Waals surface area contributed by atoms with Crippen LogP contribution in [0.4, 0.5) is 17.1 Å². The zero-order valence-corrected chi connectivity index (χ0v) is 33.2. The van der Waals surface area contributed by atoms with Gasteiger partial charge in [-0.3, -0.25) is 0 Å². The van der Waals surface area contributed by atoms with E-state index in [1.807, 2.05) is 12.1 Å². The molecule has 10 aromatic carbocycles. The van der Waals surface area contributed by atoms with Gasteiger partial charge < -0.3 is 13.9 Å². The maximum Gasteiger partial charge on any atom is 0.136 e. The van der Waals surface area contributed by atoms with Gasteiger partial charge in [-0.2, -0.15) is 0 Å². The zero-order chi connectivity index (χ0) is 40.3. The third-order valence-corrected chi connectivity index (χ3v) is 12.2. The minimum atomic E-state index is 0.880. The molecule has 0 aliphatic rings. The monoisotopic (exact) mass is 778 g/mol. The molecule has 0 bridgehead atoms. The second-order valence-corrected chi connectivity index (χ2v) is 15.7. The van der Waals surface area contributed by atoms with Crippen LogP contribution in [0.2, 0.25) is 0 Å². The van der Waals surface area contributed by atoms with Crippen LogP contribution < -0.4 is 4.90 Å². The summed E-state index contributed by atoms with van der Waals surface area (Å²) in [7, 11) is 0. The van der Waals surface area contributed by atoms with Crippen LogP contribution in [0, 0.1) is 0 Å². The molecular formula is C58H38N2O. The van der Waals surface area contributed by atoms with Crippen molar-refractivity contribution >= 4 is 71.6 Å².